The first kappa shape index (κ1) is 12.6. The second-order valence-electron chi connectivity index (χ2n) is 5.22. The van der Waals surface area contributed by atoms with Gasteiger partial charge in [0.25, 0.3) is 0 Å². The Labute approximate surface area is 104 Å². The smallest absolute Gasteiger partial charge is 0.150 e. The first-order valence-corrected chi connectivity index (χ1v) is 8.17. The maximum atomic E-state index is 11.5. The number of aryl methyl sites for hydroxylation is 1. The molecule has 1 aliphatic rings. The van der Waals surface area contributed by atoms with Gasteiger partial charge in [-0.2, -0.15) is 0 Å². The average molecular weight is 252 g/mol. The van der Waals surface area contributed by atoms with E-state index in [4.69, 9.17) is 0 Å². The predicted molar refractivity (Wildman–Crippen MR) is 71.0 cm³/mol. The maximum Gasteiger partial charge on any atom is 0.150 e. The summed E-state index contributed by atoms with van der Waals surface area (Å²) in [6.45, 7) is 2.10. The highest BCUT2D eigenvalue weighted by Gasteiger charge is 2.28. The Hall–Kier alpha value is -0.830. The van der Waals surface area contributed by atoms with Crippen molar-refractivity contribution in [3.05, 3.63) is 35.4 Å². The molecule has 0 N–H and O–H groups in total. The Bertz CT molecular complexity index is 483. The van der Waals surface area contributed by atoms with Crippen LogP contribution in [0.1, 0.15) is 42.7 Å². The number of sulfone groups is 1. The van der Waals surface area contributed by atoms with Crippen molar-refractivity contribution in [2.75, 3.05) is 6.26 Å². The number of hydrogen-bond acceptors (Lipinski definition) is 2. The Morgan fingerprint density at radius 3 is 2.29 bits per heavy atom. The zero-order valence-electron chi connectivity index (χ0n) is 10.5. The van der Waals surface area contributed by atoms with Crippen molar-refractivity contribution in [1.82, 2.24) is 0 Å². The fourth-order valence-electron chi connectivity index (χ4n) is 2.75. The molecule has 0 heterocycles. The van der Waals surface area contributed by atoms with Crippen molar-refractivity contribution in [3.63, 3.8) is 0 Å². The van der Waals surface area contributed by atoms with Crippen LogP contribution in [0.2, 0.25) is 0 Å². The summed E-state index contributed by atoms with van der Waals surface area (Å²) in [6.07, 6.45) is 5.00. The van der Waals surface area contributed by atoms with Crippen LogP contribution in [0.3, 0.4) is 0 Å². The van der Waals surface area contributed by atoms with Gasteiger partial charge in [0.2, 0.25) is 0 Å². The van der Waals surface area contributed by atoms with Crippen LogP contribution in [0.25, 0.3) is 0 Å². The molecule has 0 amide bonds. The quantitative estimate of drug-likeness (QED) is 0.810. The van der Waals surface area contributed by atoms with Crippen LogP contribution in [-0.4, -0.2) is 19.9 Å². The first-order chi connectivity index (χ1) is 7.97. The summed E-state index contributed by atoms with van der Waals surface area (Å²) in [7, 11) is -2.84. The van der Waals surface area contributed by atoms with Gasteiger partial charge in [-0.15, -0.1) is 0 Å². The van der Waals surface area contributed by atoms with Gasteiger partial charge in [-0.3, -0.25) is 0 Å². The maximum absolute atomic E-state index is 11.5. The number of rotatable bonds is 2. The molecule has 2 rings (SSSR count). The van der Waals surface area contributed by atoms with E-state index < -0.39 is 9.84 Å². The molecule has 0 spiro atoms. The third-order valence-electron chi connectivity index (χ3n) is 3.79. The third-order valence-corrected chi connectivity index (χ3v) is 5.48. The van der Waals surface area contributed by atoms with E-state index in [1.165, 1.54) is 17.4 Å². The van der Waals surface area contributed by atoms with Gasteiger partial charge < -0.3 is 0 Å². The largest absolute Gasteiger partial charge is 0.229 e. The lowest BCUT2D eigenvalue weighted by Gasteiger charge is -2.27. The van der Waals surface area contributed by atoms with Gasteiger partial charge in [0.1, 0.15) is 9.84 Å². The highest BCUT2D eigenvalue weighted by Crippen LogP contribution is 2.35. The molecule has 17 heavy (non-hydrogen) atoms. The number of hydrogen-bond donors (Lipinski definition) is 0. The van der Waals surface area contributed by atoms with Crippen molar-refractivity contribution in [1.29, 1.82) is 0 Å². The molecule has 0 aliphatic heterocycles. The normalized spacial score (nSPS) is 25.8. The second kappa shape index (κ2) is 4.81. The molecular weight excluding hydrogens is 232 g/mol. The van der Waals surface area contributed by atoms with E-state index in [0.29, 0.717) is 5.92 Å². The SMILES string of the molecule is Cc1cccc(C2CCC(S(C)(=O)=O)CC2)c1. The Balaban J connectivity index is 2.05. The Morgan fingerprint density at radius 1 is 1.12 bits per heavy atom. The summed E-state index contributed by atoms with van der Waals surface area (Å²) in [5.74, 6) is 0.549. The lowest BCUT2D eigenvalue weighted by atomic mass is 9.83. The molecule has 1 aliphatic carbocycles. The molecule has 94 valence electrons. The lowest BCUT2D eigenvalue weighted by Crippen LogP contribution is -2.25. The van der Waals surface area contributed by atoms with Gasteiger partial charge in [0, 0.05) is 6.26 Å². The molecule has 1 aromatic rings. The molecular formula is C14H20O2S. The van der Waals surface area contributed by atoms with Crippen molar-refractivity contribution in [2.45, 2.75) is 43.8 Å². The molecule has 3 heteroatoms. The lowest BCUT2D eigenvalue weighted by molar-refractivity contribution is 0.436. The van der Waals surface area contributed by atoms with E-state index in [1.54, 1.807) is 0 Å². The van der Waals surface area contributed by atoms with E-state index in [0.717, 1.165) is 25.7 Å². The van der Waals surface area contributed by atoms with Crippen molar-refractivity contribution in [3.8, 4) is 0 Å². The van der Waals surface area contributed by atoms with E-state index in [1.807, 2.05) is 0 Å². The molecule has 0 bridgehead atoms. The second-order valence-corrected chi connectivity index (χ2v) is 7.54. The van der Waals surface area contributed by atoms with E-state index in [-0.39, 0.29) is 5.25 Å². The van der Waals surface area contributed by atoms with Gasteiger partial charge in [-0.1, -0.05) is 29.8 Å². The zero-order valence-corrected chi connectivity index (χ0v) is 11.3. The summed E-state index contributed by atoms with van der Waals surface area (Å²) in [4.78, 5) is 0. The monoisotopic (exact) mass is 252 g/mol. The van der Waals surface area contributed by atoms with Crippen molar-refractivity contribution < 1.29 is 8.42 Å². The zero-order chi connectivity index (χ0) is 12.5. The Kier molecular flexibility index (Phi) is 3.57. The third kappa shape index (κ3) is 3.09. The molecule has 1 fully saturated rings. The molecule has 1 saturated carbocycles. The molecule has 2 nitrogen and oxygen atoms in total. The summed E-state index contributed by atoms with van der Waals surface area (Å²) in [5, 5.41) is -0.108. The van der Waals surface area contributed by atoms with Gasteiger partial charge in [-0.05, 0) is 44.1 Å². The van der Waals surface area contributed by atoms with Crippen LogP contribution < -0.4 is 0 Å². The topological polar surface area (TPSA) is 34.1 Å². The van der Waals surface area contributed by atoms with Gasteiger partial charge in [-0.25, -0.2) is 8.42 Å². The highest BCUT2D eigenvalue weighted by atomic mass is 32.2. The van der Waals surface area contributed by atoms with Crippen LogP contribution in [0.4, 0.5) is 0 Å². The molecule has 0 unspecified atom stereocenters. The predicted octanol–water partition coefficient (Wildman–Crippen LogP) is 3.07. The fourth-order valence-corrected chi connectivity index (χ4v) is 3.88. The van der Waals surface area contributed by atoms with Gasteiger partial charge >= 0.3 is 0 Å². The van der Waals surface area contributed by atoms with E-state index in [2.05, 4.69) is 31.2 Å². The minimum Gasteiger partial charge on any atom is -0.229 e. The van der Waals surface area contributed by atoms with Crippen LogP contribution in [0, 0.1) is 6.92 Å². The van der Waals surface area contributed by atoms with Gasteiger partial charge in [0.15, 0.2) is 0 Å². The molecule has 0 radical (unpaired) electrons. The standard InChI is InChI=1S/C14H20O2S/c1-11-4-3-5-13(10-11)12-6-8-14(9-7-12)17(2,15)16/h3-5,10,12,14H,6-9H2,1-2H3. The molecule has 0 atom stereocenters. The van der Waals surface area contributed by atoms with Crippen molar-refractivity contribution in [2.24, 2.45) is 0 Å². The average Bonchev–Trinajstić information content (AvgIpc) is 2.28. The Morgan fingerprint density at radius 2 is 1.76 bits per heavy atom. The molecule has 1 aromatic carbocycles. The van der Waals surface area contributed by atoms with Crippen LogP contribution in [0.5, 0.6) is 0 Å². The number of benzene rings is 1. The molecule has 0 saturated heterocycles. The van der Waals surface area contributed by atoms with Gasteiger partial charge in [0.05, 0.1) is 5.25 Å². The van der Waals surface area contributed by atoms with Crippen LogP contribution >= 0.6 is 0 Å². The summed E-state index contributed by atoms with van der Waals surface area (Å²) >= 11 is 0. The minimum atomic E-state index is -2.84. The van der Waals surface area contributed by atoms with Crippen LogP contribution in [0.15, 0.2) is 24.3 Å². The minimum absolute atomic E-state index is 0.108. The van der Waals surface area contributed by atoms with E-state index >= 15 is 0 Å². The first-order valence-electron chi connectivity index (χ1n) is 6.22. The van der Waals surface area contributed by atoms with Crippen molar-refractivity contribution >= 4 is 9.84 Å². The highest BCUT2D eigenvalue weighted by molar-refractivity contribution is 7.91. The summed E-state index contributed by atoms with van der Waals surface area (Å²) in [6, 6.07) is 8.59. The van der Waals surface area contributed by atoms with Crippen LogP contribution in [-0.2, 0) is 9.84 Å². The summed E-state index contributed by atoms with van der Waals surface area (Å²) in [5.41, 5.74) is 2.66. The van der Waals surface area contributed by atoms with E-state index in [9.17, 15) is 8.42 Å². The summed E-state index contributed by atoms with van der Waals surface area (Å²) < 4.78 is 23.0. The molecule has 0 aromatic heterocycles. The fraction of sp³-hybridized carbons (Fsp3) is 0.571.